The van der Waals surface area contributed by atoms with Crippen molar-refractivity contribution in [2.75, 3.05) is 11.6 Å². The van der Waals surface area contributed by atoms with Crippen LogP contribution >= 0.6 is 51.8 Å². The number of nitrogens with zero attached hydrogens (tertiary/aromatic N) is 3. The average molecular weight is 493 g/mol. The van der Waals surface area contributed by atoms with Gasteiger partial charge in [-0.3, -0.25) is 4.34 Å². The Bertz CT molecular complexity index is 840. The van der Waals surface area contributed by atoms with Crippen LogP contribution in [0.1, 0.15) is 19.7 Å². The quantitative estimate of drug-likeness (QED) is 0.191. The fraction of sp³-hybridized carbons (Fsp3) is 0.250. The predicted octanol–water partition coefficient (Wildman–Crippen LogP) is 6.68. The summed E-state index contributed by atoms with van der Waals surface area (Å²) in [5.41, 5.74) is 3.60. The molecule has 0 radical (unpaired) electrons. The number of hydrogen-bond acceptors (Lipinski definition) is 4. The van der Waals surface area contributed by atoms with Gasteiger partial charge < -0.3 is 5.32 Å². The van der Waals surface area contributed by atoms with Crippen LogP contribution in [0.3, 0.4) is 0 Å². The smallest absolute Gasteiger partial charge is 0.167 e. The molecule has 128 valence electrons. The van der Waals surface area contributed by atoms with Gasteiger partial charge in [0.2, 0.25) is 0 Å². The molecule has 0 aliphatic rings. The zero-order valence-electron chi connectivity index (χ0n) is 13.9. The Morgan fingerprint density at radius 3 is 2.58 bits per heavy atom. The molecule has 1 unspecified atom stereocenters. The molecular weight excluding hydrogens is 474 g/mol. The zero-order chi connectivity index (χ0) is 17.7. The third kappa shape index (κ3) is 4.15. The largest absolute Gasteiger partial charge is 0.353 e. The van der Waals surface area contributed by atoms with Crippen molar-refractivity contribution in [3.8, 4) is 0 Å². The summed E-state index contributed by atoms with van der Waals surface area (Å²) in [5, 5.41) is 3.92. The van der Waals surface area contributed by atoms with Crippen LogP contribution in [0.5, 0.6) is 0 Å². The molecule has 0 spiro atoms. The van der Waals surface area contributed by atoms with Crippen molar-refractivity contribution >= 4 is 74.3 Å². The Morgan fingerprint density at radius 1 is 1.21 bits per heavy atom. The molecule has 0 saturated heterocycles. The molecule has 3 rings (SSSR count). The molecule has 1 aromatic carbocycles. The number of benzene rings is 1. The molecule has 2 aromatic heterocycles. The highest BCUT2D eigenvalue weighted by molar-refractivity contribution is 14.2. The normalized spacial score (nSPS) is 10.9. The van der Waals surface area contributed by atoms with Gasteiger partial charge in [-0.15, -0.1) is 11.8 Å². The highest BCUT2D eigenvalue weighted by Gasteiger charge is 2.14. The molecule has 0 fully saturated rings. The zero-order valence-corrected chi connectivity index (χ0v) is 18.6. The Morgan fingerprint density at radius 2 is 1.92 bits per heavy atom. The minimum atomic E-state index is 0.465. The second kappa shape index (κ2) is 9.22. The van der Waals surface area contributed by atoms with Gasteiger partial charge in [-0.05, 0) is 47.4 Å². The van der Waals surface area contributed by atoms with Gasteiger partial charge in [-0.25, -0.2) is 9.97 Å². The van der Waals surface area contributed by atoms with Crippen LogP contribution in [-0.2, 0) is 0 Å². The Balaban J connectivity index is 0.00000100. The highest BCUT2D eigenvalue weighted by atomic mass is 127. The molecule has 0 aliphatic heterocycles. The fourth-order valence-electron chi connectivity index (χ4n) is 2.21. The van der Waals surface area contributed by atoms with Crippen LogP contribution in [0.4, 0.5) is 11.4 Å². The average Bonchev–Trinajstić information content (AvgIpc) is 2.92. The summed E-state index contributed by atoms with van der Waals surface area (Å²) in [5.74, 6) is 0.943. The molecule has 0 amide bonds. The fourth-order valence-corrected chi connectivity index (χ4v) is 5.10. The number of nitrogens with one attached hydrogen (secondary N) is 1. The number of thioether (sulfide) groups is 1. The summed E-state index contributed by atoms with van der Waals surface area (Å²) in [4.78, 5) is 10.3. The van der Waals surface area contributed by atoms with Gasteiger partial charge in [0.1, 0.15) is 16.5 Å². The van der Waals surface area contributed by atoms with Crippen LogP contribution in [0, 0.1) is 6.92 Å². The van der Waals surface area contributed by atoms with Crippen LogP contribution < -0.4 is 5.32 Å². The first kappa shape index (κ1) is 19.8. The van der Waals surface area contributed by atoms with Gasteiger partial charge in [0, 0.05) is 11.0 Å². The van der Waals surface area contributed by atoms with E-state index in [0.29, 0.717) is 11.5 Å². The summed E-state index contributed by atoms with van der Waals surface area (Å²) in [6, 6.07) is 10.0. The van der Waals surface area contributed by atoms with E-state index in [9.17, 15) is 0 Å². The highest BCUT2D eigenvalue weighted by Crippen LogP contribution is 2.36. The second-order valence-electron chi connectivity index (χ2n) is 4.57. The maximum Gasteiger partial charge on any atom is 0.167 e. The summed E-state index contributed by atoms with van der Waals surface area (Å²) < 4.78 is 2.08. The number of anilines is 2. The molecule has 2 heterocycles. The van der Waals surface area contributed by atoms with E-state index in [4.69, 9.17) is 11.6 Å². The molecule has 1 atom stereocenters. The molecule has 0 saturated carbocycles. The van der Waals surface area contributed by atoms with Crippen molar-refractivity contribution in [2.45, 2.75) is 25.7 Å². The van der Waals surface area contributed by atoms with E-state index in [1.54, 1.807) is 11.8 Å². The molecule has 8 heteroatoms. The number of imidazole rings is 1. The van der Waals surface area contributed by atoms with Crippen molar-refractivity contribution in [1.82, 2.24) is 14.3 Å². The van der Waals surface area contributed by atoms with Crippen LogP contribution in [0.15, 0.2) is 35.2 Å². The molecule has 3 aromatic rings. The lowest BCUT2D eigenvalue weighted by Gasteiger charge is -2.11. The van der Waals surface area contributed by atoms with E-state index in [-0.39, 0.29) is 0 Å². The van der Waals surface area contributed by atoms with Crippen LogP contribution in [0.25, 0.3) is 11.2 Å². The van der Waals surface area contributed by atoms with Gasteiger partial charge in [0.15, 0.2) is 5.65 Å². The third-order valence-electron chi connectivity index (χ3n) is 3.21. The minimum absolute atomic E-state index is 0.465. The van der Waals surface area contributed by atoms with Crippen LogP contribution in [-0.4, -0.2) is 20.6 Å². The van der Waals surface area contributed by atoms with Gasteiger partial charge in [-0.2, -0.15) is 0 Å². The van der Waals surface area contributed by atoms with Gasteiger partial charge in [0.25, 0.3) is 0 Å². The number of rotatable bonds is 4. The van der Waals surface area contributed by atoms with Gasteiger partial charge in [0.05, 0.1) is 17.7 Å². The third-order valence-corrected chi connectivity index (χ3v) is 6.35. The molecule has 24 heavy (non-hydrogen) atoms. The molecule has 4 nitrogen and oxygen atoms in total. The maximum atomic E-state index is 6.21. The number of hydrogen-bond donors (Lipinski definition) is 1. The van der Waals surface area contributed by atoms with Crippen molar-refractivity contribution in [2.24, 2.45) is 0 Å². The molecule has 0 bridgehead atoms. The first-order valence-corrected chi connectivity index (χ1v) is 13.1. The summed E-state index contributed by atoms with van der Waals surface area (Å²) in [7, 11) is 0. The standard InChI is InChI=1S/C14H13ClIN4PS.C2H6/c1-8-17-13-10(7-12(15)19-14(13)20(8)21-16)18-9-5-3-4-6-11(9)22-2;1-2/h3-7,21H,1-2H3,(H,18,19);1-2H3. The van der Waals surface area contributed by atoms with E-state index in [1.165, 1.54) is 4.90 Å². The minimum Gasteiger partial charge on any atom is -0.353 e. The number of para-hydroxylation sites is 1. The Kier molecular flexibility index (Phi) is 7.60. The maximum absolute atomic E-state index is 6.21. The van der Waals surface area contributed by atoms with Gasteiger partial charge in [-0.1, -0.05) is 37.6 Å². The van der Waals surface area contributed by atoms with Crippen LogP contribution in [0.2, 0.25) is 5.15 Å². The number of aryl methyl sites for hydroxylation is 1. The van der Waals surface area contributed by atoms with Crippen molar-refractivity contribution in [3.63, 3.8) is 0 Å². The van der Waals surface area contributed by atoms with Crippen molar-refractivity contribution in [3.05, 3.63) is 41.3 Å². The molecule has 0 aliphatic carbocycles. The molecule has 1 N–H and O–H groups in total. The van der Waals surface area contributed by atoms with Crippen molar-refractivity contribution < 1.29 is 0 Å². The Labute approximate surface area is 166 Å². The number of fused-ring (bicyclic) bond motifs is 1. The number of halogens is 2. The number of aromatic nitrogens is 3. The monoisotopic (exact) mass is 492 g/mol. The van der Waals surface area contributed by atoms with E-state index in [2.05, 4.69) is 60.1 Å². The number of pyridine rings is 1. The SMILES string of the molecule is CC.CSc1ccccc1Nc1cc(Cl)nc2c1nc(C)n2PI. The van der Waals surface area contributed by atoms with E-state index in [1.807, 2.05) is 39.0 Å². The lowest BCUT2D eigenvalue weighted by Crippen LogP contribution is -1.95. The Hall–Kier alpha value is -0.560. The first-order valence-electron chi connectivity index (χ1n) is 7.46. The lowest BCUT2D eigenvalue weighted by atomic mass is 10.3. The topological polar surface area (TPSA) is 42.7 Å². The summed E-state index contributed by atoms with van der Waals surface area (Å²) in [6.07, 6.45) is 2.60. The lowest BCUT2D eigenvalue weighted by molar-refractivity contribution is 1.10. The van der Waals surface area contributed by atoms with Gasteiger partial charge >= 0.3 is 0 Å². The van der Waals surface area contributed by atoms with E-state index in [0.717, 1.165) is 28.4 Å². The summed E-state index contributed by atoms with van der Waals surface area (Å²) in [6.45, 7) is 5.99. The van der Waals surface area contributed by atoms with Crippen molar-refractivity contribution in [1.29, 1.82) is 0 Å². The first-order chi connectivity index (χ1) is 11.6. The second-order valence-corrected chi connectivity index (χ2v) is 7.87. The van der Waals surface area contributed by atoms with E-state index < -0.39 is 0 Å². The molecular formula is C16H19ClIN4PS. The summed E-state index contributed by atoms with van der Waals surface area (Å²) >= 11 is 10.2. The van der Waals surface area contributed by atoms with E-state index >= 15 is 0 Å². The predicted molar refractivity (Wildman–Crippen MR) is 118 cm³/mol.